The first-order valence-electron chi connectivity index (χ1n) is 6.69. The second kappa shape index (κ2) is 4.98. The van der Waals surface area contributed by atoms with Crippen molar-refractivity contribution in [3.05, 3.63) is 59.9 Å². The van der Waals surface area contributed by atoms with Gasteiger partial charge in [-0.1, -0.05) is 18.2 Å². The lowest BCUT2D eigenvalue weighted by Crippen LogP contribution is -2.26. The van der Waals surface area contributed by atoms with E-state index in [0.29, 0.717) is 17.0 Å². The fourth-order valence-electron chi connectivity index (χ4n) is 2.38. The highest BCUT2D eigenvalue weighted by Gasteiger charge is 2.19. The van der Waals surface area contributed by atoms with Crippen molar-refractivity contribution in [3.63, 3.8) is 0 Å². The normalized spacial score (nSPS) is 10.8. The van der Waals surface area contributed by atoms with Crippen LogP contribution in [0.25, 0.3) is 11.0 Å². The maximum Gasteiger partial charge on any atom is 0.293 e. The average Bonchev–Trinajstić information content (AvgIpc) is 2.89. The SMILES string of the molecule is Cc1ccccc1N(C)C(=O)c1cc2cc(N)ccc2o1. The van der Waals surface area contributed by atoms with E-state index in [1.54, 1.807) is 36.2 Å². The minimum Gasteiger partial charge on any atom is -0.451 e. The van der Waals surface area contributed by atoms with Gasteiger partial charge in [0.1, 0.15) is 5.58 Å². The van der Waals surface area contributed by atoms with E-state index in [1.807, 2.05) is 31.2 Å². The van der Waals surface area contributed by atoms with Crippen molar-refractivity contribution in [2.24, 2.45) is 0 Å². The average molecular weight is 280 g/mol. The lowest BCUT2D eigenvalue weighted by Gasteiger charge is -2.18. The second-order valence-corrected chi connectivity index (χ2v) is 5.06. The Labute approximate surface area is 122 Å². The van der Waals surface area contributed by atoms with Crippen molar-refractivity contribution >= 4 is 28.3 Å². The van der Waals surface area contributed by atoms with Crippen molar-refractivity contribution in [3.8, 4) is 0 Å². The molecule has 0 atom stereocenters. The molecule has 0 bridgehead atoms. The van der Waals surface area contributed by atoms with E-state index in [0.717, 1.165) is 16.6 Å². The second-order valence-electron chi connectivity index (χ2n) is 5.06. The van der Waals surface area contributed by atoms with Gasteiger partial charge in [-0.2, -0.15) is 0 Å². The number of anilines is 2. The minimum absolute atomic E-state index is 0.181. The van der Waals surface area contributed by atoms with Crippen LogP contribution >= 0.6 is 0 Å². The van der Waals surface area contributed by atoms with Gasteiger partial charge in [-0.05, 0) is 42.8 Å². The number of nitrogen functional groups attached to an aromatic ring is 1. The van der Waals surface area contributed by atoms with Crippen LogP contribution in [0.1, 0.15) is 16.1 Å². The number of rotatable bonds is 2. The van der Waals surface area contributed by atoms with Gasteiger partial charge in [0.15, 0.2) is 5.76 Å². The van der Waals surface area contributed by atoms with Crippen LogP contribution in [-0.4, -0.2) is 13.0 Å². The molecular weight excluding hydrogens is 264 g/mol. The number of furan rings is 1. The predicted molar refractivity (Wildman–Crippen MR) is 84.5 cm³/mol. The third kappa shape index (κ3) is 2.36. The number of amides is 1. The third-order valence-corrected chi connectivity index (χ3v) is 3.53. The molecule has 0 aliphatic rings. The first-order chi connectivity index (χ1) is 10.1. The molecule has 0 saturated heterocycles. The fourth-order valence-corrected chi connectivity index (χ4v) is 2.38. The van der Waals surface area contributed by atoms with Gasteiger partial charge in [-0.15, -0.1) is 0 Å². The zero-order valence-corrected chi connectivity index (χ0v) is 12.0. The van der Waals surface area contributed by atoms with Crippen LogP contribution < -0.4 is 10.6 Å². The molecule has 1 aromatic heterocycles. The van der Waals surface area contributed by atoms with Gasteiger partial charge in [-0.3, -0.25) is 4.79 Å². The van der Waals surface area contributed by atoms with E-state index in [1.165, 1.54) is 0 Å². The Morgan fingerprint density at radius 2 is 1.90 bits per heavy atom. The van der Waals surface area contributed by atoms with Crippen LogP contribution in [-0.2, 0) is 0 Å². The Morgan fingerprint density at radius 3 is 2.67 bits per heavy atom. The van der Waals surface area contributed by atoms with Crippen LogP contribution in [0, 0.1) is 6.92 Å². The number of para-hydroxylation sites is 1. The molecule has 2 N–H and O–H groups in total. The molecule has 0 aliphatic carbocycles. The van der Waals surface area contributed by atoms with E-state index in [4.69, 9.17) is 10.2 Å². The zero-order valence-electron chi connectivity index (χ0n) is 12.0. The topological polar surface area (TPSA) is 59.5 Å². The standard InChI is InChI=1S/C17H16N2O2/c1-11-5-3-4-6-14(11)19(2)17(20)16-10-12-9-13(18)7-8-15(12)21-16/h3-10H,18H2,1-2H3. The number of aryl methyl sites for hydroxylation is 1. The van der Waals surface area contributed by atoms with Gasteiger partial charge in [0.05, 0.1) is 0 Å². The molecule has 1 amide bonds. The highest BCUT2D eigenvalue weighted by molar-refractivity contribution is 6.06. The van der Waals surface area contributed by atoms with Crippen molar-refractivity contribution in [1.29, 1.82) is 0 Å². The van der Waals surface area contributed by atoms with E-state index in [-0.39, 0.29) is 5.91 Å². The summed E-state index contributed by atoms with van der Waals surface area (Å²) in [6.07, 6.45) is 0. The molecule has 1 heterocycles. The lowest BCUT2D eigenvalue weighted by atomic mass is 10.2. The Morgan fingerprint density at radius 1 is 1.14 bits per heavy atom. The molecule has 0 fully saturated rings. The number of hydrogen-bond donors (Lipinski definition) is 1. The molecule has 4 heteroatoms. The molecule has 3 aromatic rings. The molecule has 4 nitrogen and oxygen atoms in total. The predicted octanol–water partition coefficient (Wildman–Crippen LogP) is 3.60. The number of benzene rings is 2. The van der Waals surface area contributed by atoms with Gasteiger partial charge in [-0.25, -0.2) is 0 Å². The summed E-state index contributed by atoms with van der Waals surface area (Å²) in [4.78, 5) is 14.1. The highest BCUT2D eigenvalue weighted by atomic mass is 16.3. The van der Waals surface area contributed by atoms with E-state index >= 15 is 0 Å². The van der Waals surface area contributed by atoms with Crippen LogP contribution in [0.3, 0.4) is 0 Å². The Hall–Kier alpha value is -2.75. The van der Waals surface area contributed by atoms with E-state index in [2.05, 4.69) is 0 Å². The number of nitrogens with zero attached hydrogens (tertiary/aromatic N) is 1. The third-order valence-electron chi connectivity index (χ3n) is 3.53. The first kappa shape index (κ1) is 13.2. The van der Waals surface area contributed by atoms with E-state index in [9.17, 15) is 4.79 Å². The number of nitrogens with two attached hydrogens (primary N) is 1. The first-order valence-corrected chi connectivity index (χ1v) is 6.69. The molecule has 0 saturated carbocycles. The van der Waals surface area contributed by atoms with Gasteiger partial charge in [0.25, 0.3) is 5.91 Å². The maximum atomic E-state index is 12.6. The van der Waals surface area contributed by atoms with Gasteiger partial charge < -0.3 is 15.1 Å². The summed E-state index contributed by atoms with van der Waals surface area (Å²) in [5, 5.41) is 0.830. The largest absolute Gasteiger partial charge is 0.451 e. The van der Waals surface area contributed by atoms with Crippen molar-refractivity contribution in [2.45, 2.75) is 6.92 Å². The van der Waals surface area contributed by atoms with E-state index < -0.39 is 0 Å². The molecule has 0 spiro atoms. The molecule has 0 aliphatic heterocycles. The smallest absolute Gasteiger partial charge is 0.293 e. The maximum absolute atomic E-state index is 12.6. The monoisotopic (exact) mass is 280 g/mol. The summed E-state index contributed by atoms with van der Waals surface area (Å²) in [7, 11) is 1.74. The number of hydrogen-bond acceptors (Lipinski definition) is 3. The summed E-state index contributed by atoms with van der Waals surface area (Å²) < 4.78 is 5.62. The summed E-state index contributed by atoms with van der Waals surface area (Å²) in [5.74, 6) is 0.125. The molecule has 0 unspecified atom stereocenters. The molecular formula is C17H16N2O2. The van der Waals surface area contributed by atoms with Crippen molar-refractivity contribution in [2.75, 3.05) is 17.7 Å². The van der Waals surface area contributed by atoms with Crippen molar-refractivity contribution in [1.82, 2.24) is 0 Å². The molecule has 3 rings (SSSR count). The molecule has 2 aromatic carbocycles. The van der Waals surface area contributed by atoms with Crippen LogP contribution in [0.15, 0.2) is 52.9 Å². The fraction of sp³-hybridized carbons (Fsp3) is 0.118. The molecule has 21 heavy (non-hydrogen) atoms. The number of carbonyl (C=O) groups is 1. The van der Waals surface area contributed by atoms with Gasteiger partial charge >= 0.3 is 0 Å². The lowest BCUT2D eigenvalue weighted by molar-refractivity contribution is 0.0968. The Bertz CT molecular complexity index is 821. The zero-order chi connectivity index (χ0) is 15.0. The Kier molecular flexibility index (Phi) is 3.14. The summed E-state index contributed by atoms with van der Waals surface area (Å²) in [6.45, 7) is 1.97. The summed E-state index contributed by atoms with van der Waals surface area (Å²) in [5.41, 5.74) is 8.95. The minimum atomic E-state index is -0.181. The summed E-state index contributed by atoms with van der Waals surface area (Å²) >= 11 is 0. The van der Waals surface area contributed by atoms with Crippen LogP contribution in [0.4, 0.5) is 11.4 Å². The summed E-state index contributed by atoms with van der Waals surface area (Å²) in [6, 6.07) is 14.8. The van der Waals surface area contributed by atoms with Crippen LogP contribution in [0.2, 0.25) is 0 Å². The van der Waals surface area contributed by atoms with Gasteiger partial charge in [0.2, 0.25) is 0 Å². The quantitative estimate of drug-likeness (QED) is 0.730. The number of fused-ring (bicyclic) bond motifs is 1. The molecule has 106 valence electrons. The van der Waals surface area contributed by atoms with Crippen molar-refractivity contribution < 1.29 is 9.21 Å². The van der Waals surface area contributed by atoms with Gasteiger partial charge in [0, 0.05) is 23.8 Å². The number of carbonyl (C=O) groups excluding carboxylic acids is 1. The Balaban J connectivity index is 1.98. The highest BCUT2D eigenvalue weighted by Crippen LogP contribution is 2.25. The molecule has 0 radical (unpaired) electrons. The van der Waals surface area contributed by atoms with Crippen LogP contribution in [0.5, 0.6) is 0 Å².